The van der Waals surface area contributed by atoms with E-state index in [9.17, 15) is 0 Å². The predicted molar refractivity (Wildman–Crippen MR) is 318 cm³/mol. The van der Waals surface area contributed by atoms with Gasteiger partial charge in [0.1, 0.15) is 0 Å². The van der Waals surface area contributed by atoms with Gasteiger partial charge in [0.25, 0.3) is 0 Å². The minimum Gasteiger partial charge on any atom is -0.311 e. The van der Waals surface area contributed by atoms with Crippen molar-refractivity contribution in [2.45, 2.75) is 5.41 Å². The fraction of sp³-hybridized carbons (Fsp3) is 0.0137. The molecule has 1 unspecified atom stereocenters. The van der Waals surface area contributed by atoms with Crippen LogP contribution in [0.25, 0.3) is 44.5 Å². The second-order valence-electron chi connectivity index (χ2n) is 19.7. The molecule has 0 saturated heterocycles. The summed E-state index contributed by atoms with van der Waals surface area (Å²) in [6, 6.07) is 113. The molecule has 0 bridgehead atoms. The zero-order valence-corrected chi connectivity index (χ0v) is 41.8. The van der Waals surface area contributed by atoms with Crippen molar-refractivity contribution in [3.63, 3.8) is 0 Å². The van der Waals surface area contributed by atoms with E-state index in [2.05, 4.69) is 324 Å². The number of nitrogens with zero attached hydrogens (tertiary/aromatic N) is 3. The molecule has 0 amide bonds. The van der Waals surface area contributed by atoms with Gasteiger partial charge in [-0.1, -0.05) is 188 Å². The van der Waals surface area contributed by atoms with E-state index in [4.69, 9.17) is 0 Å². The number of rotatable bonds is 11. The molecule has 2 aliphatic carbocycles. The number of hydrogen-bond donors (Lipinski definition) is 0. The summed E-state index contributed by atoms with van der Waals surface area (Å²) in [5, 5.41) is 0. The lowest BCUT2D eigenvalue weighted by molar-refractivity contribution is 0.794. The third-order valence-corrected chi connectivity index (χ3v) is 15.4. The van der Waals surface area contributed by atoms with Crippen LogP contribution in [0.5, 0.6) is 0 Å². The highest BCUT2D eigenvalue weighted by Crippen LogP contribution is 2.65. The topological polar surface area (TPSA) is 9.72 Å². The molecule has 358 valence electrons. The van der Waals surface area contributed by atoms with Crippen molar-refractivity contribution in [3.05, 3.63) is 332 Å². The molecule has 12 aromatic rings. The Balaban J connectivity index is 1.01. The Hall–Kier alpha value is -9.96. The Labute approximate surface area is 445 Å². The molecule has 76 heavy (non-hydrogen) atoms. The first-order valence-electron chi connectivity index (χ1n) is 26.2. The van der Waals surface area contributed by atoms with E-state index in [1.165, 1.54) is 55.6 Å². The summed E-state index contributed by atoms with van der Waals surface area (Å²) in [7, 11) is 0. The fourth-order valence-electron chi connectivity index (χ4n) is 12.1. The molecule has 14 rings (SSSR count). The van der Waals surface area contributed by atoms with Crippen molar-refractivity contribution in [1.29, 1.82) is 0 Å². The van der Waals surface area contributed by atoms with Gasteiger partial charge in [-0.3, -0.25) is 0 Å². The Morgan fingerprint density at radius 1 is 0.171 bits per heavy atom. The van der Waals surface area contributed by atoms with Gasteiger partial charge in [0.05, 0.1) is 5.41 Å². The molecule has 0 aromatic heterocycles. The van der Waals surface area contributed by atoms with Crippen LogP contribution in [0.1, 0.15) is 22.3 Å². The number of fused-ring (bicyclic) bond motifs is 10. The largest absolute Gasteiger partial charge is 0.311 e. The molecular weight excluding hydrogens is 919 g/mol. The average Bonchev–Trinajstić information content (AvgIpc) is 4.18. The molecule has 0 fully saturated rings. The number of benzene rings is 12. The van der Waals surface area contributed by atoms with Crippen LogP contribution in [0, 0.1) is 0 Å². The van der Waals surface area contributed by atoms with Crippen LogP contribution in [0.4, 0.5) is 51.2 Å². The van der Waals surface area contributed by atoms with E-state index in [0.717, 1.165) is 62.3 Å². The molecule has 0 N–H and O–H groups in total. The van der Waals surface area contributed by atoms with Crippen LogP contribution >= 0.6 is 0 Å². The van der Waals surface area contributed by atoms with Crippen molar-refractivity contribution in [3.8, 4) is 44.5 Å². The second kappa shape index (κ2) is 18.8. The molecule has 1 atom stereocenters. The summed E-state index contributed by atoms with van der Waals surface area (Å²) in [5.74, 6) is 0. The molecule has 0 saturated carbocycles. The highest BCUT2D eigenvalue weighted by molar-refractivity contribution is 5.99. The quantitative estimate of drug-likeness (QED) is 0.128. The minimum atomic E-state index is -0.660. The molecular formula is C73H51N3. The third kappa shape index (κ3) is 7.51. The molecule has 2 aliphatic rings. The van der Waals surface area contributed by atoms with Crippen molar-refractivity contribution in [2.24, 2.45) is 0 Å². The van der Waals surface area contributed by atoms with Crippen molar-refractivity contribution in [2.75, 3.05) is 14.7 Å². The van der Waals surface area contributed by atoms with E-state index in [1.807, 2.05) is 0 Å². The van der Waals surface area contributed by atoms with Gasteiger partial charge in [0, 0.05) is 51.2 Å². The number of para-hydroxylation sites is 6. The zero-order valence-electron chi connectivity index (χ0n) is 41.8. The second-order valence-corrected chi connectivity index (χ2v) is 19.7. The maximum atomic E-state index is 2.49. The van der Waals surface area contributed by atoms with E-state index < -0.39 is 5.41 Å². The van der Waals surface area contributed by atoms with Crippen molar-refractivity contribution >= 4 is 51.2 Å². The summed E-state index contributed by atoms with van der Waals surface area (Å²) in [6.45, 7) is 0. The van der Waals surface area contributed by atoms with Crippen LogP contribution in [0.15, 0.2) is 309 Å². The van der Waals surface area contributed by atoms with Gasteiger partial charge in [-0.15, -0.1) is 0 Å². The summed E-state index contributed by atoms with van der Waals surface area (Å²) >= 11 is 0. The van der Waals surface area contributed by atoms with Crippen molar-refractivity contribution < 1.29 is 0 Å². The van der Waals surface area contributed by atoms with E-state index in [1.54, 1.807) is 0 Å². The monoisotopic (exact) mass is 969 g/mol. The minimum absolute atomic E-state index is 0.660. The lowest BCUT2D eigenvalue weighted by Crippen LogP contribution is -2.26. The lowest BCUT2D eigenvalue weighted by Gasteiger charge is -2.33. The molecule has 0 aliphatic heterocycles. The van der Waals surface area contributed by atoms with E-state index in [-0.39, 0.29) is 0 Å². The molecule has 12 aromatic carbocycles. The first-order chi connectivity index (χ1) is 37.7. The van der Waals surface area contributed by atoms with E-state index in [0.29, 0.717) is 0 Å². The van der Waals surface area contributed by atoms with Crippen LogP contribution in [-0.2, 0) is 5.41 Å². The Kier molecular flexibility index (Phi) is 11.1. The molecule has 1 spiro atoms. The maximum Gasteiger partial charge on any atom is 0.0726 e. The summed E-state index contributed by atoms with van der Waals surface area (Å²) in [5.41, 5.74) is 24.1. The number of hydrogen-bond acceptors (Lipinski definition) is 3. The Bertz CT molecular complexity index is 3900. The predicted octanol–water partition coefficient (Wildman–Crippen LogP) is 19.8. The summed E-state index contributed by atoms with van der Waals surface area (Å²) in [4.78, 5) is 7.11. The fourth-order valence-corrected chi connectivity index (χ4v) is 12.1. The zero-order chi connectivity index (χ0) is 50.4. The normalized spacial score (nSPS) is 13.6. The van der Waals surface area contributed by atoms with Gasteiger partial charge >= 0.3 is 0 Å². The van der Waals surface area contributed by atoms with Gasteiger partial charge in [0.2, 0.25) is 0 Å². The Morgan fingerprint density at radius 2 is 0.461 bits per heavy atom. The average molecular weight is 970 g/mol. The standard InChI is InChI=1S/C73H51N3/c1-8-22-52(23-9-1)55-38-44-65-66-45-42-64(76(60-32-18-6-19-33-60)61-34-20-7-21-35-61)51-72(66)73(71(65)49-55)69-46-39-54(53-36-40-62(41-37-53)74(56-24-10-2-11-25-56)57-26-12-3-13-27-57)48-67(69)68-50-63(43-47-70(68)73)75(58-28-14-4-15-29-58)59-30-16-5-17-31-59/h1-51H. The SMILES string of the molecule is c1ccc(-c2ccc3c(c2)C2(c4ccc(-c5ccc(N(c6ccccc6)c6ccccc6)cc5)cc4-c4cc(N(c5ccccc5)c5ccccc5)ccc42)c2cc(N(c4ccccc4)c4ccccc4)ccc2-3)cc1. The molecule has 3 heteroatoms. The van der Waals surface area contributed by atoms with Gasteiger partial charge in [-0.2, -0.15) is 0 Å². The van der Waals surface area contributed by atoms with Gasteiger partial charge in [-0.05, 0) is 188 Å². The van der Waals surface area contributed by atoms with E-state index >= 15 is 0 Å². The van der Waals surface area contributed by atoms with Crippen molar-refractivity contribution in [1.82, 2.24) is 0 Å². The molecule has 0 heterocycles. The Morgan fingerprint density at radius 3 is 0.934 bits per heavy atom. The first-order valence-corrected chi connectivity index (χ1v) is 26.2. The first kappa shape index (κ1) is 44.7. The smallest absolute Gasteiger partial charge is 0.0726 e. The van der Waals surface area contributed by atoms with Crippen LogP contribution in [0.2, 0.25) is 0 Å². The van der Waals surface area contributed by atoms with Crippen LogP contribution < -0.4 is 14.7 Å². The molecule has 3 nitrogen and oxygen atoms in total. The number of anilines is 9. The molecule has 0 radical (unpaired) electrons. The van der Waals surface area contributed by atoms with Gasteiger partial charge in [-0.25, -0.2) is 0 Å². The van der Waals surface area contributed by atoms with Crippen LogP contribution in [0.3, 0.4) is 0 Å². The highest BCUT2D eigenvalue weighted by Gasteiger charge is 2.52. The summed E-state index contributed by atoms with van der Waals surface area (Å²) < 4.78 is 0. The summed E-state index contributed by atoms with van der Waals surface area (Å²) in [6.07, 6.45) is 0. The highest BCUT2D eigenvalue weighted by atomic mass is 15.2. The lowest BCUT2D eigenvalue weighted by atomic mass is 9.70. The third-order valence-electron chi connectivity index (χ3n) is 15.4. The van der Waals surface area contributed by atoms with Crippen LogP contribution in [-0.4, -0.2) is 0 Å². The van der Waals surface area contributed by atoms with Gasteiger partial charge < -0.3 is 14.7 Å². The maximum absolute atomic E-state index is 2.49. The van der Waals surface area contributed by atoms with Gasteiger partial charge in [0.15, 0.2) is 0 Å².